The van der Waals surface area contributed by atoms with E-state index in [0.717, 1.165) is 17.8 Å². The van der Waals surface area contributed by atoms with Crippen LogP contribution in [-0.2, 0) is 15.1 Å². The van der Waals surface area contributed by atoms with Crippen molar-refractivity contribution in [2.45, 2.75) is 50.0 Å². The van der Waals surface area contributed by atoms with Crippen LogP contribution in [0.1, 0.15) is 39.7 Å². The molecule has 6 nitrogen and oxygen atoms in total. The molecule has 0 spiro atoms. The van der Waals surface area contributed by atoms with Crippen molar-refractivity contribution in [3.8, 4) is 0 Å². The quantitative estimate of drug-likeness (QED) is 0.617. The van der Waals surface area contributed by atoms with Gasteiger partial charge in [-0.15, -0.1) is 0 Å². The molecule has 0 aromatic heterocycles. The fraction of sp³-hybridized carbons (Fsp3) is 0.500. The third-order valence-electron chi connectivity index (χ3n) is 4.71. The van der Waals surface area contributed by atoms with Gasteiger partial charge >= 0.3 is 12.1 Å². The number of amidine groups is 1. The summed E-state index contributed by atoms with van der Waals surface area (Å²) in [5, 5.41) is 12.2. The van der Waals surface area contributed by atoms with Crippen LogP contribution in [0.4, 0.5) is 13.6 Å². The Morgan fingerprint density at radius 3 is 2.61 bits per heavy atom. The number of carbonyl (C=O) groups excluding carboxylic acids is 1. The first-order chi connectivity index (χ1) is 12.8. The molecule has 3 atom stereocenters. The number of hydrogen-bond acceptors (Lipinski definition) is 5. The second-order valence-corrected chi connectivity index (χ2v) is 10.2. The monoisotopic (exact) mass is 476 g/mol. The van der Waals surface area contributed by atoms with Crippen LogP contribution in [0.15, 0.2) is 21.6 Å². The maximum absolute atomic E-state index is 14.6. The number of alkyl carbamates (subject to hydrolysis) is 1. The van der Waals surface area contributed by atoms with Gasteiger partial charge in [-0.25, -0.2) is 13.6 Å². The fourth-order valence-corrected chi connectivity index (χ4v) is 5.24. The number of ether oxygens (including phenoxy) is 1. The van der Waals surface area contributed by atoms with Gasteiger partial charge in [-0.2, -0.15) is 0 Å². The third kappa shape index (κ3) is 3.63. The van der Waals surface area contributed by atoms with Gasteiger partial charge in [0.15, 0.2) is 16.8 Å². The van der Waals surface area contributed by atoms with Gasteiger partial charge in [0.1, 0.15) is 10.3 Å². The zero-order valence-electron chi connectivity index (χ0n) is 15.6. The highest BCUT2D eigenvalue weighted by atomic mass is 79.9. The molecule has 1 aliphatic carbocycles. The first-order valence-electron chi connectivity index (χ1n) is 8.46. The van der Waals surface area contributed by atoms with Gasteiger partial charge in [-0.1, -0.05) is 27.7 Å². The van der Waals surface area contributed by atoms with E-state index in [1.54, 1.807) is 27.7 Å². The highest BCUT2D eigenvalue weighted by Crippen LogP contribution is 2.66. The normalized spacial score (nSPS) is 28.8. The van der Waals surface area contributed by atoms with E-state index < -0.39 is 45.5 Å². The van der Waals surface area contributed by atoms with Crippen molar-refractivity contribution >= 4 is 44.9 Å². The molecule has 1 fully saturated rings. The van der Waals surface area contributed by atoms with Crippen molar-refractivity contribution in [1.82, 2.24) is 5.32 Å². The van der Waals surface area contributed by atoms with Crippen LogP contribution in [-0.4, -0.2) is 32.7 Å². The predicted molar refractivity (Wildman–Crippen MR) is 104 cm³/mol. The summed E-state index contributed by atoms with van der Waals surface area (Å²) < 4.78 is 32.8. The molecule has 3 rings (SSSR count). The van der Waals surface area contributed by atoms with E-state index in [0.29, 0.717) is 4.47 Å². The lowest BCUT2D eigenvalue weighted by atomic mass is 9.85. The highest BCUT2D eigenvalue weighted by Gasteiger charge is 2.71. The van der Waals surface area contributed by atoms with E-state index in [2.05, 4.69) is 26.2 Å². The lowest BCUT2D eigenvalue weighted by molar-refractivity contribution is -0.137. The number of rotatable bonds is 2. The van der Waals surface area contributed by atoms with Crippen molar-refractivity contribution in [3.05, 3.63) is 33.8 Å². The number of benzene rings is 1. The Balaban J connectivity index is 2.04. The molecule has 2 aliphatic rings. The second kappa shape index (κ2) is 6.69. The van der Waals surface area contributed by atoms with Gasteiger partial charge < -0.3 is 9.84 Å². The Hall–Kier alpha value is -1.68. The minimum atomic E-state index is -1.37. The Morgan fingerprint density at radius 2 is 2.04 bits per heavy atom. The first kappa shape index (κ1) is 21.0. The molecule has 10 heteroatoms. The summed E-state index contributed by atoms with van der Waals surface area (Å²) in [6.07, 6.45) is -0.596. The number of amides is 1. The maximum Gasteiger partial charge on any atom is 0.413 e. The molecular weight excluding hydrogens is 458 g/mol. The van der Waals surface area contributed by atoms with Crippen molar-refractivity contribution < 1.29 is 28.2 Å². The second-order valence-electron chi connectivity index (χ2n) is 7.99. The summed E-state index contributed by atoms with van der Waals surface area (Å²) in [6.45, 7) is 6.59. The summed E-state index contributed by atoms with van der Waals surface area (Å²) in [6, 6.07) is 2.37. The molecule has 0 saturated heterocycles. The van der Waals surface area contributed by atoms with Gasteiger partial charge in [0.25, 0.3) is 0 Å². The number of aliphatic imine (C=N–C) groups is 1. The number of carboxylic acids is 1. The molecule has 1 heterocycles. The van der Waals surface area contributed by atoms with Gasteiger partial charge in [0, 0.05) is 16.0 Å². The van der Waals surface area contributed by atoms with Crippen LogP contribution in [0.5, 0.6) is 0 Å². The van der Waals surface area contributed by atoms with Crippen molar-refractivity contribution in [3.63, 3.8) is 0 Å². The number of thioether (sulfide) groups is 1. The molecule has 2 N–H and O–H groups in total. The lowest BCUT2D eigenvalue weighted by Crippen LogP contribution is -2.43. The lowest BCUT2D eigenvalue weighted by Gasteiger charge is -2.34. The number of nitrogens with zero attached hydrogens (tertiary/aromatic N) is 1. The molecule has 0 radical (unpaired) electrons. The van der Waals surface area contributed by atoms with Crippen LogP contribution in [0.2, 0.25) is 0 Å². The zero-order valence-corrected chi connectivity index (χ0v) is 18.0. The molecule has 1 amide bonds. The SMILES string of the molecule is CC(C)(C)OC(=O)NC1=NC(C)(c2cc(Br)cc(F)c2F)C2CC2(C(=O)O)S1. The fourth-order valence-electron chi connectivity index (χ4n) is 3.39. The number of halogens is 3. The van der Waals surface area contributed by atoms with Crippen molar-refractivity contribution in [1.29, 1.82) is 0 Å². The summed E-state index contributed by atoms with van der Waals surface area (Å²) in [7, 11) is 0. The van der Waals surface area contributed by atoms with E-state index in [-0.39, 0.29) is 17.2 Å². The summed E-state index contributed by atoms with van der Waals surface area (Å²) in [5.74, 6) is -3.82. The molecule has 1 saturated carbocycles. The molecule has 28 heavy (non-hydrogen) atoms. The summed E-state index contributed by atoms with van der Waals surface area (Å²) >= 11 is 4.03. The molecule has 0 bridgehead atoms. The zero-order chi connectivity index (χ0) is 21.1. The van der Waals surface area contributed by atoms with Gasteiger partial charge in [0.05, 0.1) is 5.54 Å². The predicted octanol–water partition coefficient (Wildman–Crippen LogP) is 4.41. The molecule has 152 valence electrons. The van der Waals surface area contributed by atoms with E-state index >= 15 is 0 Å². The van der Waals surface area contributed by atoms with Crippen molar-refractivity contribution in [2.75, 3.05) is 0 Å². The summed E-state index contributed by atoms with van der Waals surface area (Å²) in [4.78, 5) is 28.5. The van der Waals surface area contributed by atoms with Gasteiger partial charge in [0.2, 0.25) is 0 Å². The van der Waals surface area contributed by atoms with E-state index in [4.69, 9.17) is 4.74 Å². The number of aliphatic carboxylic acids is 1. The van der Waals surface area contributed by atoms with Crippen LogP contribution in [0, 0.1) is 17.6 Å². The van der Waals surface area contributed by atoms with E-state index in [9.17, 15) is 23.5 Å². The minimum absolute atomic E-state index is 0.00677. The highest BCUT2D eigenvalue weighted by molar-refractivity contribution is 9.10. The van der Waals surface area contributed by atoms with E-state index in [1.165, 1.54) is 6.07 Å². The average molecular weight is 477 g/mol. The number of hydrogen-bond donors (Lipinski definition) is 2. The summed E-state index contributed by atoms with van der Waals surface area (Å²) in [5.41, 5.74) is -2.21. The number of nitrogens with one attached hydrogen (secondary N) is 1. The molecule has 1 aromatic carbocycles. The largest absolute Gasteiger partial charge is 0.480 e. The van der Waals surface area contributed by atoms with Crippen LogP contribution in [0.3, 0.4) is 0 Å². The topological polar surface area (TPSA) is 88.0 Å². The first-order valence-corrected chi connectivity index (χ1v) is 10.1. The Bertz CT molecular complexity index is 904. The standard InChI is InChI=1S/C18H19BrF2N2O4S/c1-16(2,3)27-15(26)22-14-23-17(4,11-7-18(11,28-14)13(24)25)9-5-8(19)6-10(20)12(9)21/h5-6,11H,7H2,1-4H3,(H,24,25)(H,22,23,26). The van der Waals surface area contributed by atoms with Gasteiger partial charge in [-0.05, 0) is 46.2 Å². The molecule has 1 aliphatic heterocycles. The van der Waals surface area contributed by atoms with Crippen LogP contribution >= 0.6 is 27.7 Å². The van der Waals surface area contributed by atoms with Crippen LogP contribution in [0.25, 0.3) is 0 Å². The molecule has 1 aromatic rings. The number of fused-ring (bicyclic) bond motifs is 1. The number of carboxylic acid groups (broad SMARTS) is 1. The minimum Gasteiger partial charge on any atom is -0.480 e. The number of carbonyl (C=O) groups is 2. The van der Waals surface area contributed by atoms with Crippen LogP contribution < -0.4 is 5.32 Å². The maximum atomic E-state index is 14.6. The third-order valence-corrected chi connectivity index (χ3v) is 6.54. The Labute approximate surface area is 173 Å². The van der Waals surface area contributed by atoms with Gasteiger partial charge in [-0.3, -0.25) is 15.1 Å². The molecule has 3 unspecified atom stereocenters. The smallest absolute Gasteiger partial charge is 0.413 e. The average Bonchev–Trinajstić information content (AvgIpc) is 3.26. The van der Waals surface area contributed by atoms with Crippen molar-refractivity contribution in [2.24, 2.45) is 10.9 Å². The van der Waals surface area contributed by atoms with E-state index in [1.807, 2.05) is 0 Å². The molecular formula is C18H19BrF2N2O4S. The Morgan fingerprint density at radius 1 is 1.39 bits per heavy atom. The Kier molecular flexibility index (Phi) is 5.03.